The number of carbonyl (C=O) groups excluding carboxylic acids is 1. The first-order chi connectivity index (χ1) is 16.2. The van der Waals surface area contributed by atoms with Crippen LogP contribution in [0, 0.1) is 18.8 Å². The number of aromatic nitrogens is 6. The number of aliphatic hydroxyl groups excluding tert-OH is 1. The third-order valence-electron chi connectivity index (χ3n) is 5.32. The average Bonchev–Trinajstić information content (AvgIpc) is 3.39. The maximum Gasteiger partial charge on any atom is 0.275 e. The van der Waals surface area contributed by atoms with Gasteiger partial charge in [-0.05, 0) is 25.1 Å². The first-order valence-electron chi connectivity index (χ1n) is 10.4. The largest absolute Gasteiger partial charge is 0.389 e. The number of β-amino-alcohol motifs (C(OH)–C–C–N with tert-alkyl or cyclic N) is 1. The van der Waals surface area contributed by atoms with Gasteiger partial charge in [0.1, 0.15) is 0 Å². The van der Waals surface area contributed by atoms with E-state index in [4.69, 9.17) is 10.3 Å². The Morgan fingerprint density at radius 2 is 2.09 bits per heavy atom. The molecule has 4 heterocycles. The van der Waals surface area contributed by atoms with Gasteiger partial charge in [0.25, 0.3) is 5.91 Å². The van der Waals surface area contributed by atoms with Gasteiger partial charge in [-0.3, -0.25) is 4.79 Å². The third-order valence-corrected chi connectivity index (χ3v) is 5.32. The number of nitrogens with zero attached hydrogens (tertiary/aromatic N) is 7. The van der Waals surface area contributed by atoms with Crippen molar-refractivity contribution in [3.05, 3.63) is 53.4 Å². The molecule has 1 atom stereocenters. The Bertz CT molecular complexity index is 1470. The van der Waals surface area contributed by atoms with Crippen molar-refractivity contribution in [1.82, 2.24) is 34.8 Å². The van der Waals surface area contributed by atoms with Crippen molar-refractivity contribution in [2.24, 2.45) is 0 Å². The number of aryl methyl sites for hydroxylation is 1. The lowest BCUT2D eigenvalue weighted by Crippen LogP contribution is -2.53. The number of nitrogens with two attached hydrogens (primary N) is 1. The van der Waals surface area contributed by atoms with Crippen molar-refractivity contribution in [2.75, 3.05) is 18.8 Å². The fourth-order valence-corrected chi connectivity index (χ4v) is 3.52. The molecule has 5 rings (SSSR count). The predicted octanol–water partition coefficient (Wildman–Crippen LogP) is 0.165. The van der Waals surface area contributed by atoms with Gasteiger partial charge in [0.05, 0.1) is 11.6 Å². The molecule has 0 aliphatic carbocycles. The Balaban J connectivity index is 1.59. The van der Waals surface area contributed by atoms with Crippen molar-refractivity contribution >= 4 is 22.8 Å². The maximum absolute atomic E-state index is 13.0. The van der Waals surface area contributed by atoms with Gasteiger partial charge in [-0.1, -0.05) is 17.0 Å². The normalized spacial score (nSPS) is 15.5. The highest BCUT2D eigenvalue weighted by Gasteiger charge is 2.32. The highest BCUT2D eigenvalue weighted by atomic mass is 16.5. The zero-order chi connectivity index (χ0) is 24.0. The Kier molecular flexibility index (Phi) is 5.00. The smallest absolute Gasteiger partial charge is 0.275 e. The van der Waals surface area contributed by atoms with Crippen LogP contribution in [0.3, 0.4) is 0 Å². The number of likely N-dealkylation sites (tertiary alicyclic amines) is 1. The lowest BCUT2D eigenvalue weighted by molar-refractivity contribution is 0.00560. The topological polar surface area (TPSA) is 169 Å². The number of hydrogen-bond donors (Lipinski definition) is 3. The molecule has 0 spiro atoms. The molecule has 0 unspecified atom stereocenters. The predicted molar refractivity (Wildman–Crippen MR) is 118 cm³/mol. The number of hydrogen-bond acceptors (Lipinski definition) is 10. The van der Waals surface area contributed by atoms with E-state index < -0.39 is 11.7 Å². The minimum Gasteiger partial charge on any atom is -0.389 e. The molecular formula is C22H20N8O4. The SMILES string of the molecule is Cc1nc([C@](C)(O)C#Cc2ccc3c(C(=O)N4CC(O)C4)nn(-c4ccnc(N)n4)c3c2)no1. The number of nitrogen functional groups attached to an aromatic ring is 1. The van der Waals surface area contributed by atoms with E-state index >= 15 is 0 Å². The molecule has 1 aliphatic heterocycles. The molecule has 4 N–H and O–H groups in total. The molecule has 1 saturated heterocycles. The molecule has 0 radical (unpaired) electrons. The van der Waals surface area contributed by atoms with Crippen LogP contribution in [0.2, 0.25) is 0 Å². The molecule has 3 aromatic heterocycles. The van der Waals surface area contributed by atoms with Crippen molar-refractivity contribution in [1.29, 1.82) is 0 Å². The van der Waals surface area contributed by atoms with Crippen molar-refractivity contribution in [3.63, 3.8) is 0 Å². The van der Waals surface area contributed by atoms with Crippen LogP contribution in [-0.4, -0.2) is 70.1 Å². The summed E-state index contributed by atoms with van der Waals surface area (Å²) in [5.74, 6) is 6.18. The van der Waals surface area contributed by atoms with E-state index in [2.05, 4.69) is 37.0 Å². The molecule has 34 heavy (non-hydrogen) atoms. The summed E-state index contributed by atoms with van der Waals surface area (Å²) in [4.78, 5) is 26.7. The number of amides is 1. The monoisotopic (exact) mass is 460 g/mol. The molecule has 12 heteroatoms. The Labute approximate surface area is 193 Å². The number of fused-ring (bicyclic) bond motifs is 1. The summed E-state index contributed by atoms with van der Waals surface area (Å²) in [6.07, 6.45) is 0.961. The molecule has 12 nitrogen and oxygen atoms in total. The molecule has 1 amide bonds. The minimum atomic E-state index is -1.63. The van der Waals surface area contributed by atoms with Crippen molar-refractivity contribution < 1.29 is 19.5 Å². The van der Waals surface area contributed by atoms with Gasteiger partial charge in [0.2, 0.25) is 17.7 Å². The van der Waals surface area contributed by atoms with Gasteiger partial charge < -0.3 is 25.4 Å². The first-order valence-corrected chi connectivity index (χ1v) is 10.4. The van der Waals surface area contributed by atoms with Crippen molar-refractivity contribution in [2.45, 2.75) is 25.6 Å². The average molecular weight is 460 g/mol. The van der Waals surface area contributed by atoms with Crippen LogP contribution in [0.5, 0.6) is 0 Å². The Hall–Kier alpha value is -4.34. The standard InChI is InChI=1S/C22H20N8O4/c1-12-25-20(28-34-12)22(2,33)7-5-13-3-4-15-16(9-13)30(17-6-8-24-21(23)26-17)27-18(15)19(32)29-10-14(31)11-29/h3-4,6,8-9,14,31,33H,10-11H2,1-2H3,(H2,23,24,26)/t22-/m1/s1. The van der Waals surface area contributed by atoms with Crippen LogP contribution in [0.25, 0.3) is 16.7 Å². The summed E-state index contributed by atoms with van der Waals surface area (Å²) in [5.41, 5.74) is 5.44. The zero-order valence-corrected chi connectivity index (χ0v) is 18.3. The van der Waals surface area contributed by atoms with Crippen LogP contribution in [0.4, 0.5) is 5.95 Å². The summed E-state index contributed by atoms with van der Waals surface area (Å²) < 4.78 is 6.41. The quantitative estimate of drug-likeness (QED) is 0.358. The molecule has 0 saturated carbocycles. The summed E-state index contributed by atoms with van der Waals surface area (Å²) in [6, 6.07) is 6.79. The van der Waals surface area contributed by atoms with E-state index in [1.165, 1.54) is 22.7 Å². The second-order valence-corrected chi connectivity index (χ2v) is 8.09. The summed E-state index contributed by atoms with van der Waals surface area (Å²) >= 11 is 0. The molecule has 0 bridgehead atoms. The molecule has 1 aliphatic rings. The van der Waals surface area contributed by atoms with E-state index in [0.29, 0.717) is 28.2 Å². The van der Waals surface area contributed by atoms with E-state index in [1.54, 1.807) is 31.2 Å². The van der Waals surface area contributed by atoms with Gasteiger partial charge in [-0.2, -0.15) is 15.1 Å². The number of anilines is 1. The fourth-order valence-electron chi connectivity index (χ4n) is 3.52. The van der Waals surface area contributed by atoms with E-state index in [0.717, 1.165) is 0 Å². The van der Waals surface area contributed by atoms with Gasteiger partial charge >= 0.3 is 0 Å². The fraction of sp³-hybridized carbons (Fsp3) is 0.273. The summed E-state index contributed by atoms with van der Waals surface area (Å²) in [5, 5.41) is 29.0. The maximum atomic E-state index is 13.0. The zero-order valence-electron chi connectivity index (χ0n) is 18.3. The van der Waals surface area contributed by atoms with Gasteiger partial charge in [0.15, 0.2) is 17.1 Å². The number of carbonyl (C=O) groups is 1. The Morgan fingerprint density at radius 3 is 2.76 bits per heavy atom. The summed E-state index contributed by atoms with van der Waals surface area (Å²) in [6.45, 7) is 3.59. The second kappa shape index (κ2) is 7.91. The van der Waals surface area contributed by atoms with Crippen LogP contribution in [-0.2, 0) is 5.60 Å². The molecule has 172 valence electrons. The van der Waals surface area contributed by atoms with Gasteiger partial charge in [-0.25, -0.2) is 9.67 Å². The minimum absolute atomic E-state index is 0.0577. The van der Waals surface area contributed by atoms with Crippen LogP contribution in [0.1, 0.15) is 34.7 Å². The molecular weight excluding hydrogens is 440 g/mol. The lowest BCUT2D eigenvalue weighted by Gasteiger charge is -2.35. The molecule has 4 aromatic rings. The molecule has 1 aromatic carbocycles. The highest BCUT2D eigenvalue weighted by Crippen LogP contribution is 2.26. The number of rotatable bonds is 3. The molecule has 1 fully saturated rings. The van der Waals surface area contributed by atoms with Gasteiger partial charge in [0, 0.05) is 43.2 Å². The van der Waals surface area contributed by atoms with E-state index in [-0.39, 0.29) is 36.5 Å². The first kappa shape index (κ1) is 21.5. The van der Waals surface area contributed by atoms with Gasteiger partial charge in [-0.15, -0.1) is 0 Å². The number of benzene rings is 1. The van der Waals surface area contributed by atoms with Crippen molar-refractivity contribution in [3.8, 4) is 17.7 Å². The third kappa shape index (κ3) is 3.83. The van der Waals surface area contributed by atoms with Crippen LogP contribution < -0.4 is 5.73 Å². The van der Waals surface area contributed by atoms with E-state index in [9.17, 15) is 15.0 Å². The number of aliphatic hydroxyl groups is 2. The van der Waals surface area contributed by atoms with E-state index in [1.807, 2.05) is 0 Å². The second-order valence-electron chi connectivity index (χ2n) is 8.09. The summed E-state index contributed by atoms with van der Waals surface area (Å²) in [7, 11) is 0. The highest BCUT2D eigenvalue weighted by molar-refractivity contribution is 6.05. The lowest BCUT2D eigenvalue weighted by atomic mass is 10.1. The van der Waals surface area contributed by atoms with Crippen LogP contribution in [0.15, 0.2) is 35.0 Å². The van der Waals surface area contributed by atoms with Crippen LogP contribution >= 0.6 is 0 Å². The Morgan fingerprint density at radius 1 is 1.29 bits per heavy atom.